The maximum Gasteiger partial charge on any atom is 0.279 e. The van der Waals surface area contributed by atoms with Gasteiger partial charge < -0.3 is 0 Å². The zero-order chi connectivity index (χ0) is 10.8. The number of aryl methyl sites for hydroxylation is 1. The maximum absolute atomic E-state index is 11.5. The molecule has 4 heteroatoms. The molecular formula is C11H10ClN2O. The second kappa shape index (κ2) is 3.95. The van der Waals surface area contributed by atoms with E-state index in [9.17, 15) is 4.79 Å². The zero-order valence-corrected chi connectivity index (χ0v) is 9.03. The lowest BCUT2D eigenvalue weighted by atomic mass is 10.3. The van der Waals surface area contributed by atoms with E-state index in [0.717, 1.165) is 12.2 Å². The minimum absolute atomic E-state index is 0.154. The number of halogens is 1. The number of aromatic nitrogens is 2. The fourth-order valence-corrected chi connectivity index (χ4v) is 1.57. The van der Waals surface area contributed by atoms with Crippen molar-refractivity contribution in [3.05, 3.63) is 51.9 Å². The van der Waals surface area contributed by atoms with E-state index >= 15 is 0 Å². The highest BCUT2D eigenvalue weighted by atomic mass is 35.5. The molecular weight excluding hydrogens is 212 g/mol. The molecule has 2 aromatic rings. The Morgan fingerprint density at radius 1 is 1.33 bits per heavy atom. The zero-order valence-electron chi connectivity index (χ0n) is 8.27. The summed E-state index contributed by atoms with van der Waals surface area (Å²) in [6.45, 7) is 2.70. The molecule has 15 heavy (non-hydrogen) atoms. The molecule has 0 saturated carbocycles. The number of nitrogens with zero attached hydrogens (tertiary/aromatic N) is 2. The minimum Gasteiger partial charge on any atom is -0.285 e. The van der Waals surface area contributed by atoms with Crippen LogP contribution in [0.4, 0.5) is 0 Å². The van der Waals surface area contributed by atoms with E-state index in [-0.39, 0.29) is 5.56 Å². The van der Waals surface area contributed by atoms with Crippen LogP contribution in [0.1, 0.15) is 6.92 Å². The van der Waals surface area contributed by atoms with Gasteiger partial charge in [0.05, 0.1) is 11.8 Å². The van der Waals surface area contributed by atoms with Gasteiger partial charge >= 0.3 is 0 Å². The summed E-state index contributed by atoms with van der Waals surface area (Å²) in [5, 5.41) is 0.658. The number of rotatable bonds is 2. The molecule has 77 valence electrons. The van der Waals surface area contributed by atoms with Gasteiger partial charge in [-0.05, 0) is 31.2 Å². The molecule has 0 N–H and O–H groups in total. The average Bonchev–Trinajstić information content (AvgIpc) is 2.61. The van der Waals surface area contributed by atoms with Crippen LogP contribution in [-0.4, -0.2) is 9.36 Å². The molecule has 1 heterocycles. The second-order valence-corrected chi connectivity index (χ2v) is 3.56. The van der Waals surface area contributed by atoms with Gasteiger partial charge in [-0.15, -0.1) is 0 Å². The topological polar surface area (TPSA) is 26.9 Å². The summed E-state index contributed by atoms with van der Waals surface area (Å²) >= 11 is 5.78. The van der Waals surface area contributed by atoms with Gasteiger partial charge in [0.15, 0.2) is 0 Å². The van der Waals surface area contributed by atoms with E-state index < -0.39 is 0 Å². The molecule has 2 rings (SSSR count). The molecule has 3 nitrogen and oxygen atoms in total. The normalized spacial score (nSPS) is 10.5. The third kappa shape index (κ3) is 1.83. The molecule has 0 aliphatic heterocycles. The van der Waals surface area contributed by atoms with Gasteiger partial charge in [0.2, 0.25) is 0 Å². The standard InChI is InChI=1S/C11H10ClN2O/c1-2-13-8-7-11(15)14(13)10-5-3-9(12)4-6-10/h3-6,8H,2H2,1H3. The number of hydrogen-bond acceptors (Lipinski definition) is 1. The van der Waals surface area contributed by atoms with Crippen molar-refractivity contribution in [3.63, 3.8) is 0 Å². The molecule has 0 aliphatic carbocycles. The molecule has 0 bridgehead atoms. The maximum atomic E-state index is 11.5. The summed E-state index contributed by atoms with van der Waals surface area (Å²) in [7, 11) is 0. The van der Waals surface area contributed by atoms with Gasteiger partial charge in [-0.3, -0.25) is 9.48 Å². The van der Waals surface area contributed by atoms with E-state index in [1.54, 1.807) is 27.7 Å². The van der Waals surface area contributed by atoms with Crippen molar-refractivity contribution in [1.29, 1.82) is 0 Å². The second-order valence-electron chi connectivity index (χ2n) is 3.12. The van der Waals surface area contributed by atoms with E-state index in [1.807, 2.05) is 19.1 Å². The highest BCUT2D eigenvalue weighted by Gasteiger charge is 2.04. The molecule has 1 radical (unpaired) electrons. The highest BCUT2D eigenvalue weighted by molar-refractivity contribution is 6.30. The van der Waals surface area contributed by atoms with Crippen LogP contribution in [0.25, 0.3) is 5.69 Å². The first-order valence-electron chi connectivity index (χ1n) is 4.68. The molecule has 0 aliphatic rings. The lowest BCUT2D eigenvalue weighted by molar-refractivity contribution is 0.574. The number of hydrogen-bond donors (Lipinski definition) is 0. The Balaban J connectivity index is 2.57. The predicted octanol–water partition coefficient (Wildman–Crippen LogP) is 2.11. The third-order valence-electron chi connectivity index (χ3n) is 2.18. The van der Waals surface area contributed by atoms with Crippen molar-refractivity contribution < 1.29 is 0 Å². The fraction of sp³-hybridized carbons (Fsp3) is 0.182. The quantitative estimate of drug-likeness (QED) is 0.763. The largest absolute Gasteiger partial charge is 0.285 e. The molecule has 1 aromatic heterocycles. The Labute approximate surface area is 92.5 Å². The van der Waals surface area contributed by atoms with E-state index in [4.69, 9.17) is 11.6 Å². The van der Waals surface area contributed by atoms with Crippen LogP contribution >= 0.6 is 11.6 Å². The van der Waals surface area contributed by atoms with Gasteiger partial charge in [0.1, 0.15) is 0 Å². The molecule has 0 atom stereocenters. The Bertz CT molecular complexity index is 510. The SMILES string of the molecule is CCn1c[c]c(=O)n1-c1ccc(Cl)cc1. The van der Waals surface area contributed by atoms with Gasteiger partial charge in [0.25, 0.3) is 5.56 Å². The van der Waals surface area contributed by atoms with Gasteiger partial charge in [-0.2, -0.15) is 0 Å². The van der Waals surface area contributed by atoms with Crippen LogP contribution in [0, 0.1) is 6.07 Å². The van der Waals surface area contributed by atoms with Crippen LogP contribution in [0.2, 0.25) is 5.02 Å². The Morgan fingerprint density at radius 3 is 2.60 bits per heavy atom. The summed E-state index contributed by atoms with van der Waals surface area (Å²) in [5.41, 5.74) is 0.645. The van der Waals surface area contributed by atoms with Crippen LogP contribution in [0.3, 0.4) is 0 Å². The number of benzene rings is 1. The van der Waals surface area contributed by atoms with Crippen LogP contribution in [-0.2, 0) is 6.54 Å². The average molecular weight is 222 g/mol. The van der Waals surface area contributed by atoms with Crippen molar-refractivity contribution in [2.24, 2.45) is 0 Å². The van der Waals surface area contributed by atoms with Crippen molar-refractivity contribution in [1.82, 2.24) is 9.36 Å². The third-order valence-corrected chi connectivity index (χ3v) is 2.43. The Morgan fingerprint density at radius 2 is 2.00 bits per heavy atom. The molecule has 1 aromatic carbocycles. The smallest absolute Gasteiger partial charge is 0.279 e. The van der Waals surface area contributed by atoms with Crippen molar-refractivity contribution >= 4 is 11.6 Å². The van der Waals surface area contributed by atoms with E-state index in [0.29, 0.717) is 5.02 Å². The summed E-state index contributed by atoms with van der Waals surface area (Å²) in [5.74, 6) is 0. The lowest BCUT2D eigenvalue weighted by Gasteiger charge is -2.09. The molecule has 0 fully saturated rings. The van der Waals surface area contributed by atoms with Gasteiger partial charge in [0, 0.05) is 17.8 Å². The molecule has 0 spiro atoms. The molecule has 0 saturated heterocycles. The minimum atomic E-state index is -0.154. The molecule has 0 unspecified atom stereocenters. The Kier molecular flexibility index (Phi) is 2.64. The van der Waals surface area contributed by atoms with Gasteiger partial charge in [-0.25, -0.2) is 4.68 Å². The van der Waals surface area contributed by atoms with Crippen molar-refractivity contribution in [2.45, 2.75) is 13.5 Å². The van der Waals surface area contributed by atoms with Crippen molar-refractivity contribution in [3.8, 4) is 5.69 Å². The van der Waals surface area contributed by atoms with Crippen LogP contribution in [0.5, 0.6) is 0 Å². The van der Waals surface area contributed by atoms with E-state index in [2.05, 4.69) is 6.07 Å². The monoisotopic (exact) mass is 221 g/mol. The predicted molar refractivity (Wildman–Crippen MR) is 59.5 cm³/mol. The summed E-state index contributed by atoms with van der Waals surface area (Å²) in [6.07, 6.45) is 1.65. The highest BCUT2D eigenvalue weighted by Crippen LogP contribution is 2.11. The summed E-state index contributed by atoms with van der Waals surface area (Å²) < 4.78 is 3.36. The first-order valence-corrected chi connectivity index (χ1v) is 5.06. The summed E-state index contributed by atoms with van der Waals surface area (Å²) in [4.78, 5) is 11.5. The lowest BCUT2D eigenvalue weighted by Crippen LogP contribution is -2.20. The Hall–Kier alpha value is -1.48. The van der Waals surface area contributed by atoms with Crippen molar-refractivity contribution in [2.75, 3.05) is 0 Å². The van der Waals surface area contributed by atoms with Crippen LogP contribution in [0.15, 0.2) is 35.3 Å². The summed E-state index contributed by atoms with van der Waals surface area (Å²) in [6, 6.07) is 9.78. The molecule has 0 amide bonds. The van der Waals surface area contributed by atoms with E-state index in [1.165, 1.54) is 0 Å². The first kappa shape index (κ1) is 10.1. The first-order chi connectivity index (χ1) is 7.22. The van der Waals surface area contributed by atoms with Crippen LogP contribution < -0.4 is 5.56 Å². The van der Waals surface area contributed by atoms with Gasteiger partial charge in [-0.1, -0.05) is 11.6 Å². The fourth-order valence-electron chi connectivity index (χ4n) is 1.45.